The van der Waals surface area contributed by atoms with Crippen LogP contribution in [-0.2, 0) is 0 Å². The zero-order valence-electron chi connectivity index (χ0n) is 8.28. The van der Waals surface area contributed by atoms with Crippen LogP contribution in [0.1, 0.15) is 10.5 Å². The van der Waals surface area contributed by atoms with Crippen LogP contribution in [0.5, 0.6) is 0 Å². The zero-order chi connectivity index (χ0) is 12.6. The number of benzene rings is 1. The Morgan fingerprint density at radius 2 is 1.88 bits per heavy atom. The first-order valence-corrected chi connectivity index (χ1v) is 5.26. The summed E-state index contributed by atoms with van der Waals surface area (Å²) in [7, 11) is 0. The van der Waals surface area contributed by atoms with Gasteiger partial charge in [-0.3, -0.25) is 9.89 Å². The van der Waals surface area contributed by atoms with Crippen LogP contribution in [0.2, 0.25) is 10.0 Å². The lowest BCUT2D eigenvalue weighted by Crippen LogP contribution is -2.14. The first-order chi connectivity index (χ1) is 8.00. The summed E-state index contributed by atoms with van der Waals surface area (Å²) in [5.41, 5.74) is -0.545. The molecule has 88 valence electrons. The first kappa shape index (κ1) is 11.8. The minimum Gasteiger partial charge on any atom is -0.477 e. The summed E-state index contributed by atoms with van der Waals surface area (Å²) in [5, 5.41) is 11.7. The molecular weight excluding hydrogens is 267 g/mol. The number of hydrogen-bond acceptors (Lipinski definition) is 2. The number of para-hydroxylation sites is 1. The fourth-order valence-corrected chi connectivity index (χ4v) is 1.94. The van der Waals surface area contributed by atoms with Crippen molar-refractivity contribution >= 4 is 29.2 Å². The van der Waals surface area contributed by atoms with Crippen LogP contribution in [0.4, 0.5) is 0 Å². The van der Waals surface area contributed by atoms with Crippen molar-refractivity contribution in [1.29, 1.82) is 0 Å². The monoisotopic (exact) mass is 272 g/mol. The summed E-state index contributed by atoms with van der Waals surface area (Å²) >= 11 is 11.8. The van der Waals surface area contributed by atoms with E-state index in [-0.39, 0.29) is 21.4 Å². The van der Waals surface area contributed by atoms with Crippen molar-refractivity contribution in [1.82, 2.24) is 9.78 Å². The Morgan fingerprint density at radius 1 is 1.29 bits per heavy atom. The molecule has 0 saturated carbocycles. The number of carbonyl (C=O) groups is 1. The second-order valence-corrected chi connectivity index (χ2v) is 4.03. The van der Waals surface area contributed by atoms with Gasteiger partial charge in [-0.05, 0) is 12.1 Å². The molecule has 0 saturated heterocycles. The van der Waals surface area contributed by atoms with Gasteiger partial charge in [-0.25, -0.2) is 9.48 Å². The molecule has 2 aromatic rings. The molecule has 1 aromatic heterocycles. The van der Waals surface area contributed by atoms with Gasteiger partial charge < -0.3 is 5.11 Å². The smallest absolute Gasteiger partial charge is 0.353 e. The van der Waals surface area contributed by atoms with Gasteiger partial charge in [-0.15, -0.1) is 0 Å². The molecular formula is C10H6Cl2N2O3. The van der Waals surface area contributed by atoms with Crippen molar-refractivity contribution < 1.29 is 9.90 Å². The molecule has 0 aliphatic rings. The molecule has 1 heterocycles. The second kappa shape index (κ2) is 4.27. The molecule has 2 N–H and O–H groups in total. The fraction of sp³-hybridized carbons (Fsp3) is 0. The van der Waals surface area contributed by atoms with E-state index in [0.717, 1.165) is 10.7 Å². The van der Waals surface area contributed by atoms with Crippen LogP contribution in [0.25, 0.3) is 5.69 Å². The minimum atomic E-state index is -1.23. The van der Waals surface area contributed by atoms with Gasteiger partial charge >= 0.3 is 5.97 Å². The van der Waals surface area contributed by atoms with E-state index in [4.69, 9.17) is 28.3 Å². The number of hydrogen-bond donors (Lipinski definition) is 2. The molecule has 0 aliphatic heterocycles. The van der Waals surface area contributed by atoms with Crippen molar-refractivity contribution in [3.05, 3.63) is 50.4 Å². The SMILES string of the molecule is O=C(O)c1cc(=O)n(-c2c(Cl)cccc2Cl)[nH]1. The van der Waals surface area contributed by atoms with Crippen LogP contribution in [-0.4, -0.2) is 20.9 Å². The minimum absolute atomic E-state index is 0.230. The van der Waals surface area contributed by atoms with E-state index in [0.29, 0.717) is 0 Å². The van der Waals surface area contributed by atoms with Gasteiger partial charge in [-0.2, -0.15) is 0 Å². The van der Waals surface area contributed by atoms with Gasteiger partial charge in [0, 0.05) is 6.07 Å². The average molecular weight is 273 g/mol. The Morgan fingerprint density at radius 3 is 2.35 bits per heavy atom. The molecule has 5 nitrogen and oxygen atoms in total. The number of aromatic carboxylic acids is 1. The maximum absolute atomic E-state index is 11.6. The molecule has 1 aromatic carbocycles. The lowest BCUT2D eigenvalue weighted by molar-refractivity contribution is 0.0690. The third-order valence-electron chi connectivity index (χ3n) is 2.11. The maximum atomic E-state index is 11.6. The summed E-state index contributed by atoms with van der Waals surface area (Å²) in [5.74, 6) is -1.23. The Kier molecular flexibility index (Phi) is 2.95. The zero-order valence-corrected chi connectivity index (χ0v) is 9.79. The molecule has 7 heteroatoms. The number of nitrogens with one attached hydrogen (secondary N) is 1. The first-order valence-electron chi connectivity index (χ1n) is 4.50. The lowest BCUT2D eigenvalue weighted by atomic mass is 10.3. The van der Waals surface area contributed by atoms with Crippen molar-refractivity contribution in [3.8, 4) is 5.69 Å². The molecule has 0 fully saturated rings. The summed E-state index contributed by atoms with van der Waals surface area (Å²) < 4.78 is 0.994. The van der Waals surface area contributed by atoms with Crippen LogP contribution in [0, 0.1) is 0 Å². The van der Waals surface area contributed by atoms with Crippen molar-refractivity contribution in [2.45, 2.75) is 0 Å². The van der Waals surface area contributed by atoms with Gasteiger partial charge in [0.25, 0.3) is 5.56 Å². The van der Waals surface area contributed by atoms with E-state index in [2.05, 4.69) is 5.10 Å². The van der Waals surface area contributed by atoms with E-state index in [1.54, 1.807) is 18.2 Å². The number of carboxylic acid groups (broad SMARTS) is 1. The number of aromatic amines is 1. The summed E-state index contributed by atoms with van der Waals surface area (Å²) in [6.45, 7) is 0. The van der Waals surface area contributed by atoms with E-state index < -0.39 is 11.5 Å². The molecule has 0 spiro atoms. The third-order valence-corrected chi connectivity index (χ3v) is 2.72. The highest BCUT2D eigenvalue weighted by atomic mass is 35.5. The molecule has 0 unspecified atom stereocenters. The third kappa shape index (κ3) is 2.07. The Labute approximate surface area is 105 Å². The van der Waals surface area contributed by atoms with Gasteiger partial charge in [0.1, 0.15) is 11.4 Å². The van der Waals surface area contributed by atoms with Crippen molar-refractivity contribution in [3.63, 3.8) is 0 Å². The van der Waals surface area contributed by atoms with E-state index in [1.807, 2.05) is 0 Å². The highest BCUT2D eigenvalue weighted by Crippen LogP contribution is 2.26. The number of rotatable bonds is 2. The lowest BCUT2D eigenvalue weighted by Gasteiger charge is -2.06. The molecule has 2 rings (SSSR count). The highest BCUT2D eigenvalue weighted by molar-refractivity contribution is 6.37. The number of nitrogens with zero attached hydrogens (tertiary/aromatic N) is 1. The van der Waals surface area contributed by atoms with Gasteiger partial charge in [0.2, 0.25) is 0 Å². The Hall–Kier alpha value is -1.72. The van der Waals surface area contributed by atoms with E-state index in [1.165, 1.54) is 0 Å². The largest absolute Gasteiger partial charge is 0.477 e. The quantitative estimate of drug-likeness (QED) is 0.880. The molecule has 0 bridgehead atoms. The van der Waals surface area contributed by atoms with Crippen LogP contribution in [0.15, 0.2) is 29.1 Å². The molecule has 0 atom stereocenters. The number of H-pyrrole nitrogens is 1. The van der Waals surface area contributed by atoms with Crippen LogP contribution < -0.4 is 5.56 Å². The second-order valence-electron chi connectivity index (χ2n) is 3.22. The van der Waals surface area contributed by atoms with Crippen LogP contribution in [0.3, 0.4) is 0 Å². The topological polar surface area (TPSA) is 75.1 Å². The standard InChI is InChI=1S/C10H6Cl2N2O3/c11-5-2-1-3-6(12)9(5)14-8(15)4-7(13-14)10(16)17/h1-4,13H,(H,16,17). The van der Waals surface area contributed by atoms with Gasteiger partial charge in [0.15, 0.2) is 0 Å². The number of halogens is 2. The van der Waals surface area contributed by atoms with Crippen LogP contribution >= 0.6 is 23.2 Å². The number of carboxylic acids is 1. The predicted molar refractivity (Wildman–Crippen MR) is 63.4 cm³/mol. The van der Waals surface area contributed by atoms with Gasteiger partial charge in [0.05, 0.1) is 10.0 Å². The van der Waals surface area contributed by atoms with Gasteiger partial charge in [-0.1, -0.05) is 29.3 Å². The van der Waals surface area contributed by atoms with Crippen molar-refractivity contribution in [2.24, 2.45) is 0 Å². The normalized spacial score (nSPS) is 10.5. The van der Waals surface area contributed by atoms with E-state index >= 15 is 0 Å². The average Bonchev–Trinajstić information content (AvgIpc) is 2.61. The van der Waals surface area contributed by atoms with Crippen molar-refractivity contribution in [2.75, 3.05) is 0 Å². The molecule has 0 aliphatic carbocycles. The molecule has 0 radical (unpaired) electrons. The highest BCUT2D eigenvalue weighted by Gasteiger charge is 2.14. The summed E-state index contributed by atoms with van der Waals surface area (Å²) in [6, 6.07) is 5.69. The number of aromatic nitrogens is 2. The fourth-order valence-electron chi connectivity index (χ4n) is 1.37. The summed E-state index contributed by atoms with van der Waals surface area (Å²) in [4.78, 5) is 22.3. The molecule has 0 amide bonds. The predicted octanol–water partition coefficient (Wildman–Crippen LogP) is 2.17. The van der Waals surface area contributed by atoms with E-state index in [9.17, 15) is 9.59 Å². The Bertz CT molecular complexity index is 625. The summed E-state index contributed by atoms with van der Waals surface area (Å²) in [6.07, 6.45) is 0. The maximum Gasteiger partial charge on any atom is 0.353 e. The molecule has 17 heavy (non-hydrogen) atoms. The Balaban J connectivity index is 2.69.